The molecule has 4 rings (SSSR count). The summed E-state index contributed by atoms with van der Waals surface area (Å²) < 4.78 is 53.5. The molecule has 1 fully saturated rings. The maximum atomic E-state index is 12.9. The molecule has 11 heteroatoms. The van der Waals surface area contributed by atoms with Crippen molar-refractivity contribution in [2.45, 2.75) is 36.1 Å². The first-order valence-corrected chi connectivity index (χ1v) is 10.2. The van der Waals surface area contributed by atoms with Crippen LogP contribution in [-0.2, 0) is 24.0 Å². The van der Waals surface area contributed by atoms with Gasteiger partial charge in [-0.15, -0.1) is 11.3 Å². The Bertz CT molecular complexity index is 1020. The number of fused-ring (bicyclic) bond motifs is 1. The van der Waals surface area contributed by atoms with Crippen molar-refractivity contribution in [1.82, 2.24) is 19.5 Å². The van der Waals surface area contributed by atoms with Gasteiger partial charge in [-0.2, -0.15) is 13.2 Å². The lowest BCUT2D eigenvalue weighted by molar-refractivity contribution is -0.141. The molecule has 3 heterocycles. The Morgan fingerprint density at radius 2 is 2.04 bits per heavy atom. The quantitative estimate of drug-likeness (QED) is 0.650. The van der Waals surface area contributed by atoms with Crippen LogP contribution in [0, 0.1) is 0 Å². The van der Waals surface area contributed by atoms with E-state index in [1.165, 1.54) is 17.5 Å². The van der Waals surface area contributed by atoms with Crippen LogP contribution in [0.25, 0.3) is 22.6 Å². The van der Waals surface area contributed by atoms with Crippen molar-refractivity contribution in [2.24, 2.45) is 7.05 Å². The first-order chi connectivity index (χ1) is 12.3. The van der Waals surface area contributed by atoms with Gasteiger partial charge in [0.05, 0.1) is 33.0 Å². The van der Waals surface area contributed by atoms with Crippen LogP contribution in [0.2, 0.25) is 0 Å². The van der Waals surface area contributed by atoms with E-state index in [0.29, 0.717) is 32.9 Å². The van der Waals surface area contributed by atoms with Crippen molar-refractivity contribution in [1.29, 1.82) is 0 Å². The van der Waals surface area contributed by atoms with Crippen molar-refractivity contribution in [2.75, 3.05) is 5.75 Å². The van der Waals surface area contributed by atoms with Crippen molar-refractivity contribution in [3.05, 3.63) is 23.0 Å². The number of halogens is 3. The summed E-state index contributed by atoms with van der Waals surface area (Å²) in [6.07, 6.45) is -1.24. The van der Waals surface area contributed by atoms with Crippen LogP contribution in [0.15, 0.2) is 16.5 Å². The molecule has 0 saturated heterocycles. The molecule has 1 aliphatic rings. The smallest absolute Gasteiger partial charge is 0.412 e. The number of thiazole rings is 1. The molecule has 146 valence electrons. The fourth-order valence-electron chi connectivity index (χ4n) is 2.71. The maximum Gasteiger partial charge on any atom is 0.433 e. The van der Waals surface area contributed by atoms with Crippen molar-refractivity contribution in [3.8, 4) is 11.5 Å². The number of hydrogen-bond donors (Lipinski definition) is 0. The number of hydrogen-bond acceptors (Lipinski definition) is 5. The summed E-state index contributed by atoms with van der Waals surface area (Å²) in [4.78, 5) is 12.5. The van der Waals surface area contributed by atoms with Gasteiger partial charge in [0.15, 0.2) is 5.82 Å². The van der Waals surface area contributed by atoms with Gasteiger partial charge in [-0.05, 0) is 18.9 Å². The van der Waals surface area contributed by atoms with Gasteiger partial charge in [0, 0.05) is 18.7 Å². The number of alkyl halides is 3. The Kier molecular flexibility index (Phi) is 5.12. The topological polar surface area (TPSA) is 92.2 Å². The summed E-state index contributed by atoms with van der Waals surface area (Å²) in [5.41, 5.74) is 0.189. The molecular weight excluding hydrogens is 401 g/mol. The summed E-state index contributed by atoms with van der Waals surface area (Å²) >= 11 is 1.42. The minimum Gasteiger partial charge on any atom is -0.412 e. The van der Waals surface area contributed by atoms with Gasteiger partial charge in [0.25, 0.3) is 0 Å². The second kappa shape index (κ2) is 6.95. The van der Waals surface area contributed by atoms with E-state index in [9.17, 15) is 17.4 Å². The minimum atomic E-state index is -4.53. The second-order valence-electron chi connectivity index (χ2n) is 6.15. The van der Waals surface area contributed by atoms with E-state index in [4.69, 9.17) is 0 Å². The van der Waals surface area contributed by atoms with E-state index in [0.717, 1.165) is 23.9 Å². The lowest BCUT2D eigenvalue weighted by Crippen LogP contribution is -2.07. The van der Waals surface area contributed by atoms with Crippen LogP contribution in [0.5, 0.6) is 0 Å². The predicted octanol–water partition coefficient (Wildman–Crippen LogP) is 3.29. The minimum absolute atomic E-state index is 0. The molecule has 0 aliphatic heterocycles. The molecule has 3 aromatic heterocycles. The van der Waals surface area contributed by atoms with Gasteiger partial charge >= 0.3 is 6.18 Å². The predicted molar refractivity (Wildman–Crippen MR) is 97.2 cm³/mol. The van der Waals surface area contributed by atoms with Crippen molar-refractivity contribution < 1.29 is 22.9 Å². The summed E-state index contributed by atoms with van der Waals surface area (Å²) in [5.74, 6) is 1.26. The Morgan fingerprint density at radius 3 is 2.63 bits per heavy atom. The number of aromatic nitrogens is 4. The molecule has 2 N–H and O–H groups in total. The second-order valence-corrected chi connectivity index (χ2v) is 9.11. The Balaban J connectivity index is 0.00000210. The first kappa shape index (κ1) is 19.9. The van der Waals surface area contributed by atoms with Crippen LogP contribution in [-0.4, -0.2) is 35.0 Å². The summed E-state index contributed by atoms with van der Waals surface area (Å²) in [6, 6.07) is 0.934. The van der Waals surface area contributed by atoms with Gasteiger partial charge in [-0.25, -0.2) is 15.0 Å². The number of pyridine rings is 1. The monoisotopic (exact) mass is 418 g/mol. The Morgan fingerprint density at radius 1 is 1.33 bits per heavy atom. The van der Waals surface area contributed by atoms with E-state index in [1.54, 1.807) is 11.6 Å². The van der Waals surface area contributed by atoms with E-state index >= 15 is 0 Å². The average molecular weight is 418 g/mol. The number of imidazole rings is 1. The normalized spacial score (nSPS) is 15.7. The summed E-state index contributed by atoms with van der Waals surface area (Å²) in [6.45, 7) is 1.82. The molecule has 0 spiro atoms. The van der Waals surface area contributed by atoms with Crippen LogP contribution < -0.4 is 0 Å². The molecule has 0 amide bonds. The zero-order valence-corrected chi connectivity index (χ0v) is 16.1. The van der Waals surface area contributed by atoms with Crippen molar-refractivity contribution >= 4 is 33.2 Å². The molecule has 0 bridgehead atoms. The van der Waals surface area contributed by atoms with Gasteiger partial charge in [-0.3, -0.25) is 4.21 Å². The Hall–Kier alpha value is -1.85. The van der Waals surface area contributed by atoms with Crippen molar-refractivity contribution in [3.63, 3.8) is 0 Å². The molecular formula is C16H17F3N4O2S2. The molecule has 1 unspecified atom stereocenters. The zero-order chi connectivity index (χ0) is 18.6. The van der Waals surface area contributed by atoms with E-state index in [2.05, 4.69) is 15.0 Å². The maximum absolute atomic E-state index is 12.9. The van der Waals surface area contributed by atoms with Crippen LogP contribution in [0.1, 0.15) is 36.4 Å². The lowest BCUT2D eigenvalue weighted by Gasteiger charge is -2.04. The highest BCUT2D eigenvalue weighted by molar-refractivity contribution is 7.87. The van der Waals surface area contributed by atoms with Gasteiger partial charge in [0.1, 0.15) is 15.6 Å². The molecule has 1 saturated carbocycles. The number of nitrogens with zero attached hydrogens (tertiary/aromatic N) is 4. The molecule has 3 aromatic rings. The highest BCUT2D eigenvalue weighted by Crippen LogP contribution is 2.45. The SMILES string of the molecule is CCS(=O)c1sc(C2CC2)nc1-c1nc2cc(C(F)(F)F)ncc2n1C.O. The van der Waals surface area contributed by atoms with Crippen LogP contribution >= 0.6 is 11.3 Å². The third-order valence-corrected chi connectivity index (χ3v) is 7.23. The first-order valence-electron chi connectivity index (χ1n) is 8.08. The Labute approximate surface area is 159 Å². The number of rotatable bonds is 4. The third-order valence-electron chi connectivity index (χ3n) is 4.28. The fraction of sp³-hybridized carbons (Fsp3) is 0.438. The van der Waals surface area contributed by atoms with Crippen LogP contribution in [0.3, 0.4) is 0 Å². The molecule has 0 radical (unpaired) electrons. The average Bonchev–Trinajstić information content (AvgIpc) is 3.28. The van der Waals surface area contributed by atoms with Gasteiger partial charge in [-0.1, -0.05) is 6.92 Å². The van der Waals surface area contributed by atoms with Gasteiger partial charge < -0.3 is 10.0 Å². The molecule has 6 nitrogen and oxygen atoms in total. The van der Waals surface area contributed by atoms with Crippen LogP contribution in [0.4, 0.5) is 13.2 Å². The molecule has 27 heavy (non-hydrogen) atoms. The fourth-order valence-corrected chi connectivity index (χ4v) is 5.27. The molecule has 1 atom stereocenters. The number of aryl methyl sites for hydroxylation is 1. The standard InChI is InChI=1S/C16H15F3N4OS2.H2O/c1-3-26(24)15-12(22-14(25-15)8-4-5-8)13-21-9-6-11(16(17,18)19)20-7-10(9)23(13)2;/h6-8H,3-5H2,1-2H3;1H2. The van der Waals surface area contributed by atoms with E-state index in [-0.39, 0.29) is 11.0 Å². The zero-order valence-electron chi connectivity index (χ0n) is 14.5. The third kappa shape index (κ3) is 3.50. The lowest BCUT2D eigenvalue weighted by atomic mass is 10.3. The molecule has 1 aliphatic carbocycles. The largest absolute Gasteiger partial charge is 0.433 e. The van der Waals surface area contributed by atoms with E-state index in [1.807, 2.05) is 6.92 Å². The highest BCUT2D eigenvalue weighted by atomic mass is 32.2. The van der Waals surface area contributed by atoms with E-state index < -0.39 is 22.7 Å². The molecule has 0 aromatic carbocycles. The van der Waals surface area contributed by atoms with Gasteiger partial charge in [0.2, 0.25) is 0 Å². The summed E-state index contributed by atoms with van der Waals surface area (Å²) in [7, 11) is 0.491. The summed E-state index contributed by atoms with van der Waals surface area (Å²) in [5, 5.41) is 0.929. The highest BCUT2D eigenvalue weighted by Gasteiger charge is 2.34.